The number of pyridine rings is 1. The van der Waals surface area contributed by atoms with Crippen LogP contribution in [0.5, 0.6) is 0 Å². The molecule has 1 fully saturated rings. The molecule has 0 radical (unpaired) electrons. The van der Waals surface area contributed by atoms with Crippen LogP contribution in [0.1, 0.15) is 25.0 Å². The molecule has 4 rings (SSSR count). The second-order valence-electron chi connectivity index (χ2n) is 9.07. The van der Waals surface area contributed by atoms with Gasteiger partial charge in [0.25, 0.3) is 0 Å². The van der Waals surface area contributed by atoms with Crippen LogP contribution in [0.25, 0.3) is 0 Å². The molecule has 1 saturated carbocycles. The molecule has 1 aromatic heterocycles. The minimum Gasteiger partial charge on any atom is -0.370 e. The number of alkyl halides is 3. The molecule has 0 aromatic carbocycles. The number of anilines is 2. The molecule has 35 heavy (non-hydrogen) atoms. The molecule has 2 atom stereocenters. The third-order valence-corrected chi connectivity index (χ3v) is 6.08. The Labute approximate surface area is 201 Å². The maximum Gasteiger partial charge on any atom is 0.416 e. The molecule has 1 aliphatic carbocycles. The van der Waals surface area contributed by atoms with Gasteiger partial charge in [-0.2, -0.15) is 13.2 Å². The summed E-state index contributed by atoms with van der Waals surface area (Å²) in [5.74, 6) is 0.230. The van der Waals surface area contributed by atoms with Crippen molar-refractivity contribution in [3.63, 3.8) is 0 Å². The molecule has 8 nitrogen and oxygen atoms in total. The molecule has 0 bridgehead atoms. The van der Waals surface area contributed by atoms with Crippen LogP contribution in [0.2, 0.25) is 0 Å². The number of carbonyl (C=O) groups is 1. The lowest BCUT2D eigenvalue weighted by Gasteiger charge is -2.39. The number of aryl methyl sites for hydroxylation is 1. The third kappa shape index (κ3) is 5.50. The molecule has 2 aliphatic heterocycles. The maximum atomic E-state index is 13.4. The van der Waals surface area contributed by atoms with Crippen molar-refractivity contribution >= 4 is 35.7 Å². The zero-order valence-electron chi connectivity index (χ0n) is 19.9. The van der Waals surface area contributed by atoms with E-state index in [0.29, 0.717) is 11.4 Å². The van der Waals surface area contributed by atoms with E-state index >= 15 is 0 Å². The van der Waals surface area contributed by atoms with Crippen LogP contribution in [0.4, 0.5) is 24.7 Å². The van der Waals surface area contributed by atoms with Crippen molar-refractivity contribution in [1.82, 2.24) is 9.88 Å². The molecule has 186 valence electrons. The minimum absolute atomic E-state index is 0.116. The van der Waals surface area contributed by atoms with Gasteiger partial charge < -0.3 is 15.5 Å². The van der Waals surface area contributed by atoms with Gasteiger partial charge in [0.1, 0.15) is 11.6 Å². The summed E-state index contributed by atoms with van der Waals surface area (Å²) in [7, 11) is 4.05. The average Bonchev–Trinajstić information content (AvgIpc) is 2.96. The summed E-state index contributed by atoms with van der Waals surface area (Å²) in [6.07, 6.45) is 0.991. The average molecular weight is 488 g/mol. The zero-order chi connectivity index (χ0) is 25.2. The molecule has 2 unspecified atom stereocenters. The van der Waals surface area contributed by atoms with Gasteiger partial charge >= 0.3 is 6.18 Å². The number of nitrogens with one attached hydrogen (secondary N) is 2. The molecule has 3 heterocycles. The van der Waals surface area contributed by atoms with Crippen LogP contribution in [-0.4, -0.2) is 73.1 Å². The molecule has 2 N–H and O–H groups in total. The number of ketones is 1. The number of halogens is 3. The van der Waals surface area contributed by atoms with Gasteiger partial charge in [-0.25, -0.2) is 15.0 Å². The van der Waals surface area contributed by atoms with E-state index < -0.39 is 23.3 Å². The second-order valence-corrected chi connectivity index (χ2v) is 9.07. The molecule has 11 heteroatoms. The number of rotatable bonds is 6. The van der Waals surface area contributed by atoms with Crippen molar-refractivity contribution in [3.8, 4) is 0 Å². The Balaban J connectivity index is 1.56. The predicted molar refractivity (Wildman–Crippen MR) is 131 cm³/mol. The molecule has 0 amide bonds. The number of aromatic nitrogens is 1. The van der Waals surface area contributed by atoms with Gasteiger partial charge in [-0.05, 0) is 63.8 Å². The van der Waals surface area contributed by atoms with Gasteiger partial charge in [-0.15, -0.1) is 0 Å². The van der Waals surface area contributed by atoms with E-state index in [1.165, 1.54) is 0 Å². The van der Waals surface area contributed by atoms with Crippen molar-refractivity contribution in [3.05, 3.63) is 41.1 Å². The van der Waals surface area contributed by atoms with Gasteiger partial charge in [0.15, 0.2) is 5.66 Å². The standard InChI is InChI=1S/C24H28F3N7O/c1-15-20(5-6-21(31-15)28-8-4-10-34(2)3)32-22-29-14-18-13-19(35)12-17-11-16(24(25,26)27)7-9-30-23(17,18)33-22/h5-7,9,11,14,18H,4,8,10,12-13H2,1-3H3,(H,28,31)(H,32,33). The number of guanidine groups is 1. The minimum atomic E-state index is -4.56. The van der Waals surface area contributed by atoms with Gasteiger partial charge in [-0.3, -0.25) is 9.79 Å². The SMILES string of the molecule is Cc1nc(NCCCN(C)C)ccc1NC1=NC23N=CC=C(C(F)(F)F)C=C2CC(=O)CC3C=N1. The molecule has 1 aromatic rings. The van der Waals surface area contributed by atoms with E-state index in [9.17, 15) is 18.0 Å². The van der Waals surface area contributed by atoms with Gasteiger partial charge in [0, 0.05) is 31.8 Å². The van der Waals surface area contributed by atoms with Crippen molar-refractivity contribution in [1.29, 1.82) is 0 Å². The Morgan fingerprint density at radius 3 is 2.77 bits per heavy atom. The predicted octanol–water partition coefficient (Wildman–Crippen LogP) is 3.78. The maximum absolute atomic E-state index is 13.4. The smallest absolute Gasteiger partial charge is 0.370 e. The Hall–Kier alpha value is -3.34. The topological polar surface area (TPSA) is 94.3 Å². The summed E-state index contributed by atoms with van der Waals surface area (Å²) >= 11 is 0. The van der Waals surface area contributed by atoms with Crippen LogP contribution in [-0.2, 0) is 4.79 Å². The molecular formula is C24H28F3N7O. The lowest BCUT2D eigenvalue weighted by atomic mass is 9.74. The fraction of sp³-hybridized carbons (Fsp3) is 0.458. The van der Waals surface area contributed by atoms with E-state index in [-0.39, 0.29) is 30.2 Å². The highest BCUT2D eigenvalue weighted by Crippen LogP contribution is 2.44. The summed E-state index contributed by atoms with van der Waals surface area (Å²) in [5, 5.41) is 6.41. The lowest BCUT2D eigenvalue weighted by Crippen LogP contribution is -2.46. The van der Waals surface area contributed by atoms with Crippen molar-refractivity contribution in [2.45, 2.75) is 38.0 Å². The molecule has 3 aliphatic rings. The quantitative estimate of drug-likeness (QED) is 0.596. The summed E-state index contributed by atoms with van der Waals surface area (Å²) in [6.45, 7) is 3.60. The monoisotopic (exact) mass is 487 g/mol. The Bertz CT molecular complexity index is 1150. The Morgan fingerprint density at radius 1 is 1.26 bits per heavy atom. The fourth-order valence-electron chi connectivity index (χ4n) is 4.29. The highest BCUT2D eigenvalue weighted by Gasteiger charge is 2.49. The van der Waals surface area contributed by atoms with E-state index in [1.54, 1.807) is 6.21 Å². The molecule has 0 saturated heterocycles. The van der Waals surface area contributed by atoms with Crippen LogP contribution in [0.15, 0.2) is 50.4 Å². The number of nitrogens with zero attached hydrogens (tertiary/aromatic N) is 5. The van der Waals surface area contributed by atoms with Crippen molar-refractivity contribution in [2.24, 2.45) is 20.9 Å². The van der Waals surface area contributed by atoms with Gasteiger partial charge in [0.05, 0.1) is 22.9 Å². The van der Waals surface area contributed by atoms with Crippen LogP contribution in [0, 0.1) is 12.8 Å². The van der Waals surface area contributed by atoms with Crippen LogP contribution in [0.3, 0.4) is 0 Å². The van der Waals surface area contributed by atoms with E-state index in [2.05, 4.69) is 35.5 Å². The summed E-state index contributed by atoms with van der Waals surface area (Å²) in [4.78, 5) is 32.4. The van der Waals surface area contributed by atoms with Crippen molar-refractivity contribution < 1.29 is 18.0 Å². The summed E-state index contributed by atoms with van der Waals surface area (Å²) in [5.41, 5.74) is -0.605. The normalized spacial score (nSPS) is 23.7. The van der Waals surface area contributed by atoms with Gasteiger partial charge in [-0.1, -0.05) is 0 Å². The third-order valence-electron chi connectivity index (χ3n) is 6.08. The molecular weight excluding hydrogens is 459 g/mol. The highest BCUT2D eigenvalue weighted by molar-refractivity contribution is 6.03. The number of hydrogen-bond donors (Lipinski definition) is 2. The molecule has 1 spiro atoms. The first kappa shape index (κ1) is 24.8. The van der Waals surface area contributed by atoms with E-state index in [0.717, 1.165) is 43.7 Å². The number of Topliss-reactive ketones (excluding diaryl/α,β-unsaturated/α-hetero) is 1. The Morgan fingerprint density at radius 2 is 2.06 bits per heavy atom. The lowest BCUT2D eigenvalue weighted by molar-refractivity contribution is -0.120. The number of allylic oxidation sites excluding steroid dienone is 3. The zero-order valence-corrected chi connectivity index (χ0v) is 19.9. The number of carbonyl (C=O) groups excluding carboxylic acids is 1. The number of hydrogen-bond acceptors (Lipinski definition) is 8. The number of aliphatic imine (C=N–C) groups is 3. The second kappa shape index (κ2) is 9.73. The first-order chi connectivity index (χ1) is 16.6. The van der Waals surface area contributed by atoms with Gasteiger partial charge in [0.2, 0.25) is 5.96 Å². The first-order valence-electron chi connectivity index (χ1n) is 11.4. The summed E-state index contributed by atoms with van der Waals surface area (Å²) in [6, 6.07) is 3.69. The van der Waals surface area contributed by atoms with E-state index in [4.69, 9.17) is 0 Å². The highest BCUT2D eigenvalue weighted by atomic mass is 19.4. The van der Waals surface area contributed by atoms with E-state index in [1.807, 2.05) is 33.2 Å². The summed E-state index contributed by atoms with van der Waals surface area (Å²) < 4.78 is 40.3. The van der Waals surface area contributed by atoms with Crippen LogP contribution >= 0.6 is 0 Å². The first-order valence-corrected chi connectivity index (χ1v) is 11.4. The fourth-order valence-corrected chi connectivity index (χ4v) is 4.29. The van der Waals surface area contributed by atoms with Crippen LogP contribution < -0.4 is 10.6 Å². The van der Waals surface area contributed by atoms with Crippen molar-refractivity contribution in [2.75, 3.05) is 37.8 Å². The Kier molecular flexibility index (Phi) is 6.88. The largest absolute Gasteiger partial charge is 0.416 e.